The van der Waals surface area contributed by atoms with Gasteiger partial charge in [-0.1, -0.05) is 31.4 Å². The number of unbranched alkanes of at least 4 members (excludes halogenated alkanes) is 1. The minimum Gasteiger partial charge on any atom is -0.379 e. The van der Waals surface area contributed by atoms with E-state index in [-0.39, 0.29) is 0 Å². The molecule has 2 aromatic rings. The monoisotopic (exact) mass is 314 g/mol. The molecule has 0 amide bonds. The number of benzene rings is 1. The van der Waals surface area contributed by atoms with Gasteiger partial charge in [0.1, 0.15) is 5.69 Å². The van der Waals surface area contributed by atoms with E-state index in [1.165, 1.54) is 4.68 Å². The zero-order valence-electron chi connectivity index (χ0n) is 13.5. The summed E-state index contributed by atoms with van der Waals surface area (Å²) in [6, 6.07) is 7.55. The Morgan fingerprint density at radius 2 is 1.96 bits per heavy atom. The first-order chi connectivity index (χ1) is 11.4. The molecule has 0 saturated heterocycles. The molecule has 23 heavy (non-hydrogen) atoms. The summed E-state index contributed by atoms with van der Waals surface area (Å²) in [6.07, 6.45) is 3.55. The lowest BCUT2D eigenvalue weighted by atomic mass is 10.2. The smallest absolute Gasteiger partial charge is 0.234 e. The molecule has 122 valence electrons. The Balaban J connectivity index is 1.76. The van der Waals surface area contributed by atoms with E-state index in [0.29, 0.717) is 38.3 Å². The van der Waals surface area contributed by atoms with Crippen molar-refractivity contribution in [1.82, 2.24) is 9.78 Å². The molecule has 5 nitrogen and oxygen atoms in total. The zero-order valence-corrected chi connectivity index (χ0v) is 13.5. The van der Waals surface area contributed by atoms with Gasteiger partial charge in [0.05, 0.1) is 25.3 Å². The van der Waals surface area contributed by atoms with E-state index in [1.807, 2.05) is 24.3 Å². The van der Waals surface area contributed by atoms with Crippen LogP contribution in [0.25, 0.3) is 10.9 Å². The average molecular weight is 314 g/mol. The van der Waals surface area contributed by atoms with Gasteiger partial charge in [0, 0.05) is 18.4 Å². The lowest BCUT2D eigenvalue weighted by Gasteiger charge is -2.03. The van der Waals surface area contributed by atoms with E-state index in [1.54, 1.807) is 0 Å². The molecule has 0 N–H and O–H groups in total. The van der Waals surface area contributed by atoms with Crippen molar-refractivity contribution in [3.8, 4) is 11.8 Å². The van der Waals surface area contributed by atoms with Crippen molar-refractivity contribution < 1.29 is 14.3 Å². The Morgan fingerprint density at radius 3 is 2.74 bits per heavy atom. The fourth-order valence-corrected chi connectivity index (χ4v) is 2.10. The van der Waals surface area contributed by atoms with Crippen molar-refractivity contribution in [2.45, 2.75) is 26.2 Å². The second kappa shape index (κ2) is 9.78. The topological polar surface area (TPSA) is 53.4 Å². The number of fused-ring (bicyclic) bond motifs is 1. The maximum absolute atomic E-state index is 11.0. The van der Waals surface area contributed by atoms with Crippen LogP contribution in [-0.4, -0.2) is 42.6 Å². The van der Waals surface area contributed by atoms with Gasteiger partial charge in [-0.15, -0.1) is 0 Å². The fraction of sp³-hybridized carbons (Fsp3) is 0.444. The minimum atomic E-state index is 0.566. The van der Waals surface area contributed by atoms with Crippen LogP contribution in [0.4, 0.5) is 0 Å². The van der Waals surface area contributed by atoms with E-state index in [9.17, 15) is 4.79 Å². The summed E-state index contributed by atoms with van der Waals surface area (Å²) in [6.45, 7) is 4.72. The molecular formula is C18H22N2O3. The van der Waals surface area contributed by atoms with Crippen molar-refractivity contribution in [2.24, 2.45) is 0 Å². The Hall–Kier alpha value is -2.16. The SMILES string of the molecule is CCCCOCCOCCC#Cc1nn(C=O)c2ccccc12. The second-order valence-electron chi connectivity index (χ2n) is 5.05. The number of carbonyl (C=O) groups excluding carboxylic acids is 1. The van der Waals surface area contributed by atoms with Gasteiger partial charge in [0.2, 0.25) is 6.41 Å². The largest absolute Gasteiger partial charge is 0.379 e. The molecule has 1 aromatic heterocycles. The quantitative estimate of drug-likeness (QED) is 0.406. The van der Waals surface area contributed by atoms with Gasteiger partial charge in [-0.05, 0) is 24.5 Å². The van der Waals surface area contributed by atoms with Gasteiger partial charge < -0.3 is 9.47 Å². The van der Waals surface area contributed by atoms with E-state index >= 15 is 0 Å². The Labute approximate surface area is 136 Å². The molecule has 2 rings (SSSR count). The summed E-state index contributed by atoms with van der Waals surface area (Å²) < 4.78 is 12.2. The van der Waals surface area contributed by atoms with Crippen molar-refractivity contribution in [1.29, 1.82) is 0 Å². The number of aromatic nitrogens is 2. The molecule has 0 aliphatic heterocycles. The third kappa shape index (κ3) is 5.20. The zero-order chi connectivity index (χ0) is 16.3. The molecule has 0 unspecified atom stereocenters. The van der Waals surface area contributed by atoms with Crippen molar-refractivity contribution in [3.63, 3.8) is 0 Å². The number of para-hydroxylation sites is 1. The first kappa shape index (κ1) is 17.2. The molecule has 1 aromatic carbocycles. The van der Waals surface area contributed by atoms with Crippen LogP contribution in [0.15, 0.2) is 24.3 Å². The molecule has 1 heterocycles. The van der Waals surface area contributed by atoms with Gasteiger partial charge >= 0.3 is 0 Å². The van der Waals surface area contributed by atoms with Gasteiger partial charge in [-0.25, -0.2) is 4.68 Å². The Bertz CT molecular complexity index is 682. The fourth-order valence-electron chi connectivity index (χ4n) is 2.10. The van der Waals surface area contributed by atoms with Gasteiger partial charge in [0.15, 0.2) is 0 Å². The molecular weight excluding hydrogens is 292 g/mol. The summed E-state index contributed by atoms with van der Waals surface area (Å²) >= 11 is 0. The molecule has 0 aliphatic carbocycles. The summed E-state index contributed by atoms with van der Waals surface area (Å²) in [7, 11) is 0. The van der Waals surface area contributed by atoms with Crippen LogP contribution in [0, 0.1) is 11.8 Å². The molecule has 5 heteroatoms. The maximum atomic E-state index is 11.0. The predicted molar refractivity (Wildman–Crippen MR) is 89.9 cm³/mol. The first-order valence-electron chi connectivity index (χ1n) is 7.93. The van der Waals surface area contributed by atoms with Crippen LogP contribution in [0.5, 0.6) is 0 Å². The lowest BCUT2D eigenvalue weighted by Crippen LogP contribution is -2.05. The maximum Gasteiger partial charge on any atom is 0.234 e. The first-order valence-corrected chi connectivity index (χ1v) is 7.93. The van der Waals surface area contributed by atoms with E-state index in [4.69, 9.17) is 9.47 Å². The Kier molecular flexibility index (Phi) is 7.31. The van der Waals surface area contributed by atoms with Crippen molar-refractivity contribution in [2.75, 3.05) is 26.4 Å². The molecule has 0 spiro atoms. The highest BCUT2D eigenvalue weighted by molar-refractivity contribution is 5.88. The number of rotatable bonds is 9. The summed E-state index contributed by atoms with van der Waals surface area (Å²) in [5.41, 5.74) is 1.39. The predicted octanol–water partition coefficient (Wildman–Crippen LogP) is 2.65. The van der Waals surface area contributed by atoms with Crippen LogP contribution in [-0.2, 0) is 14.3 Å². The van der Waals surface area contributed by atoms with Crippen molar-refractivity contribution in [3.05, 3.63) is 30.0 Å². The van der Waals surface area contributed by atoms with E-state index in [2.05, 4.69) is 23.9 Å². The summed E-state index contributed by atoms with van der Waals surface area (Å²) in [4.78, 5) is 11.0. The van der Waals surface area contributed by atoms with E-state index in [0.717, 1.165) is 30.4 Å². The van der Waals surface area contributed by atoms with Crippen LogP contribution >= 0.6 is 0 Å². The minimum absolute atomic E-state index is 0.566. The molecule has 0 radical (unpaired) electrons. The molecule has 0 fully saturated rings. The van der Waals surface area contributed by atoms with Gasteiger partial charge in [-0.3, -0.25) is 4.79 Å². The number of ether oxygens (including phenoxy) is 2. The summed E-state index contributed by atoms with van der Waals surface area (Å²) in [5.74, 6) is 6.04. The lowest BCUT2D eigenvalue weighted by molar-refractivity contribution is 0.0489. The average Bonchev–Trinajstić information content (AvgIpc) is 2.95. The third-order valence-electron chi connectivity index (χ3n) is 3.31. The molecule has 0 saturated carbocycles. The highest BCUT2D eigenvalue weighted by Crippen LogP contribution is 2.16. The highest BCUT2D eigenvalue weighted by Gasteiger charge is 2.06. The third-order valence-corrected chi connectivity index (χ3v) is 3.31. The number of hydrogen-bond donors (Lipinski definition) is 0. The molecule has 0 bridgehead atoms. The normalized spacial score (nSPS) is 10.5. The number of nitrogens with zero attached hydrogens (tertiary/aromatic N) is 2. The van der Waals surface area contributed by atoms with Crippen LogP contribution in [0.1, 0.15) is 31.9 Å². The van der Waals surface area contributed by atoms with E-state index < -0.39 is 0 Å². The van der Waals surface area contributed by atoms with Crippen LogP contribution in [0.3, 0.4) is 0 Å². The number of hydrogen-bond acceptors (Lipinski definition) is 4. The molecule has 0 atom stereocenters. The van der Waals surface area contributed by atoms with Crippen molar-refractivity contribution >= 4 is 17.3 Å². The molecule has 0 aliphatic rings. The number of carbonyl (C=O) groups is 1. The Morgan fingerprint density at radius 1 is 1.17 bits per heavy atom. The second-order valence-corrected chi connectivity index (χ2v) is 5.05. The van der Waals surface area contributed by atoms with Gasteiger partial charge in [0.25, 0.3) is 0 Å². The van der Waals surface area contributed by atoms with Gasteiger partial charge in [-0.2, -0.15) is 5.10 Å². The van der Waals surface area contributed by atoms with Crippen LogP contribution < -0.4 is 0 Å². The van der Waals surface area contributed by atoms with Crippen LogP contribution in [0.2, 0.25) is 0 Å². The summed E-state index contributed by atoms with van der Waals surface area (Å²) in [5, 5.41) is 5.08. The highest BCUT2D eigenvalue weighted by atomic mass is 16.5. The standard InChI is InChI=1S/C18H22N2O3/c1-2-3-11-22-13-14-23-12-7-6-9-17-16-8-4-5-10-18(16)20(15-21)19-17/h4-5,8,10,15H,2-3,7,11-14H2,1H3.